The number of hydrogen-bond donors (Lipinski definition) is 2. The first-order valence-electron chi connectivity index (χ1n) is 9.00. The van der Waals surface area contributed by atoms with E-state index < -0.39 is 5.97 Å². The molecule has 1 fully saturated rings. The van der Waals surface area contributed by atoms with Gasteiger partial charge in [-0.2, -0.15) is 5.10 Å². The molecule has 3 rings (SSSR count). The average molecular weight is 412 g/mol. The van der Waals surface area contributed by atoms with Crippen molar-refractivity contribution in [3.05, 3.63) is 51.3 Å². The van der Waals surface area contributed by atoms with Gasteiger partial charge in [0.15, 0.2) is 5.69 Å². The van der Waals surface area contributed by atoms with Crippen LogP contribution in [0.25, 0.3) is 0 Å². The Hall–Kier alpha value is -1.60. The van der Waals surface area contributed by atoms with Crippen LogP contribution in [0.1, 0.15) is 40.7 Å². The van der Waals surface area contributed by atoms with Gasteiger partial charge in [0.1, 0.15) is 0 Å². The Labute approximate surface area is 168 Å². The van der Waals surface area contributed by atoms with Gasteiger partial charge < -0.3 is 15.2 Å². The fourth-order valence-corrected chi connectivity index (χ4v) is 3.75. The van der Waals surface area contributed by atoms with E-state index in [1.54, 1.807) is 16.8 Å². The van der Waals surface area contributed by atoms with E-state index in [1.165, 1.54) is 0 Å². The molecule has 2 heterocycles. The first-order chi connectivity index (χ1) is 13.0. The topological polar surface area (TPSA) is 76.4 Å². The maximum atomic E-state index is 11.1. The highest BCUT2D eigenvalue weighted by molar-refractivity contribution is 6.42. The zero-order valence-corrected chi connectivity index (χ0v) is 16.6. The van der Waals surface area contributed by atoms with Crippen LogP contribution in [-0.4, -0.2) is 40.6 Å². The molecule has 0 amide bonds. The van der Waals surface area contributed by atoms with Crippen molar-refractivity contribution in [3.63, 3.8) is 0 Å². The highest BCUT2D eigenvalue weighted by Crippen LogP contribution is 2.34. The second kappa shape index (κ2) is 9.06. The number of carboxylic acid groups (broad SMARTS) is 1. The lowest BCUT2D eigenvalue weighted by Gasteiger charge is -2.25. The molecule has 146 valence electrons. The number of nitrogens with zero attached hydrogens (tertiary/aromatic N) is 2. The molecule has 1 aromatic heterocycles. The number of hydrogen-bond acceptors (Lipinski definition) is 4. The van der Waals surface area contributed by atoms with Crippen molar-refractivity contribution in [2.24, 2.45) is 5.92 Å². The Balaban J connectivity index is 1.67. The van der Waals surface area contributed by atoms with Gasteiger partial charge in [0.05, 0.1) is 22.8 Å². The molecule has 0 spiro atoms. The van der Waals surface area contributed by atoms with Gasteiger partial charge >= 0.3 is 5.97 Å². The number of benzene rings is 1. The predicted molar refractivity (Wildman–Crippen MR) is 105 cm³/mol. The molecular weight excluding hydrogens is 389 g/mol. The molecule has 2 aromatic rings. The quantitative estimate of drug-likeness (QED) is 0.752. The molecule has 1 aromatic carbocycles. The van der Waals surface area contributed by atoms with Crippen LogP contribution in [0.3, 0.4) is 0 Å². The van der Waals surface area contributed by atoms with E-state index in [2.05, 4.69) is 10.4 Å². The molecular formula is C19H23Cl2N3O3. The zero-order valence-electron chi connectivity index (χ0n) is 15.1. The summed E-state index contributed by atoms with van der Waals surface area (Å²) in [6.07, 6.45) is 1.73. The third-order valence-electron chi connectivity index (χ3n) is 4.83. The lowest BCUT2D eigenvalue weighted by Crippen LogP contribution is -2.25. The molecule has 27 heavy (non-hydrogen) atoms. The summed E-state index contributed by atoms with van der Waals surface area (Å²) in [7, 11) is 0. The van der Waals surface area contributed by atoms with E-state index in [1.807, 2.05) is 19.1 Å². The monoisotopic (exact) mass is 411 g/mol. The van der Waals surface area contributed by atoms with Crippen LogP contribution >= 0.6 is 23.2 Å². The molecule has 1 aliphatic rings. The van der Waals surface area contributed by atoms with Gasteiger partial charge in [-0.05, 0) is 43.5 Å². The summed E-state index contributed by atoms with van der Waals surface area (Å²) in [4.78, 5) is 11.1. The largest absolute Gasteiger partial charge is 0.476 e. The minimum atomic E-state index is -1.00. The van der Waals surface area contributed by atoms with E-state index in [4.69, 9.17) is 33.0 Å². The maximum Gasteiger partial charge on any atom is 0.356 e. The zero-order chi connectivity index (χ0) is 19.4. The van der Waals surface area contributed by atoms with Crippen LogP contribution in [-0.2, 0) is 11.3 Å². The molecule has 0 aliphatic carbocycles. The summed E-state index contributed by atoms with van der Waals surface area (Å²) in [6.45, 7) is 4.84. The van der Waals surface area contributed by atoms with Crippen LogP contribution < -0.4 is 5.32 Å². The summed E-state index contributed by atoms with van der Waals surface area (Å²) in [5.41, 5.74) is 1.96. The molecule has 0 radical (unpaired) electrons. The molecule has 1 saturated heterocycles. The Morgan fingerprint density at radius 1 is 1.37 bits per heavy atom. The lowest BCUT2D eigenvalue weighted by atomic mass is 9.91. The van der Waals surface area contributed by atoms with Gasteiger partial charge in [-0.15, -0.1) is 0 Å². The first kappa shape index (κ1) is 20.1. The SMILES string of the molecule is Cc1cc(C(=O)O)nn1CCC[C@@H]1CNCCO[C@H]1c1ccc(Cl)c(Cl)c1. The predicted octanol–water partition coefficient (Wildman–Crippen LogP) is 3.95. The van der Waals surface area contributed by atoms with Crippen LogP contribution in [0.4, 0.5) is 0 Å². The normalized spacial score (nSPS) is 20.4. The van der Waals surface area contributed by atoms with E-state index in [-0.39, 0.29) is 17.7 Å². The summed E-state index contributed by atoms with van der Waals surface area (Å²) in [5, 5.41) is 17.7. The number of nitrogens with one attached hydrogen (secondary N) is 1. The molecule has 2 N–H and O–H groups in total. The number of halogens is 2. The smallest absolute Gasteiger partial charge is 0.356 e. The van der Waals surface area contributed by atoms with Crippen molar-refractivity contribution in [2.75, 3.05) is 19.7 Å². The number of aryl methyl sites for hydroxylation is 2. The minimum absolute atomic E-state index is 0.0527. The van der Waals surface area contributed by atoms with Crippen LogP contribution in [0.2, 0.25) is 10.0 Å². The Bertz CT molecular complexity index is 809. The van der Waals surface area contributed by atoms with Crippen LogP contribution in [0.15, 0.2) is 24.3 Å². The second-order valence-electron chi connectivity index (χ2n) is 6.77. The van der Waals surface area contributed by atoms with Crippen LogP contribution in [0, 0.1) is 12.8 Å². The van der Waals surface area contributed by atoms with Crippen molar-refractivity contribution in [2.45, 2.75) is 32.4 Å². The summed E-state index contributed by atoms with van der Waals surface area (Å²) >= 11 is 12.2. The summed E-state index contributed by atoms with van der Waals surface area (Å²) in [6, 6.07) is 7.24. The van der Waals surface area contributed by atoms with Crippen molar-refractivity contribution in [1.82, 2.24) is 15.1 Å². The number of aromatic nitrogens is 2. The minimum Gasteiger partial charge on any atom is -0.476 e. The fraction of sp³-hybridized carbons (Fsp3) is 0.474. The lowest BCUT2D eigenvalue weighted by molar-refractivity contribution is 0.0270. The highest BCUT2D eigenvalue weighted by Gasteiger charge is 2.26. The Morgan fingerprint density at radius 2 is 2.19 bits per heavy atom. The third kappa shape index (κ3) is 5.02. The molecule has 0 unspecified atom stereocenters. The fourth-order valence-electron chi connectivity index (χ4n) is 3.44. The standard InChI is InChI=1S/C19H23Cl2N3O3/c1-12-9-17(19(25)26)23-24(12)7-2-3-14-11-22-6-8-27-18(14)13-4-5-15(20)16(21)10-13/h4-5,9-10,14,18,22H,2-3,6-8,11H2,1H3,(H,25,26)/t14-,18+/m1/s1. The molecule has 1 aliphatic heterocycles. The van der Waals surface area contributed by atoms with Crippen LogP contribution in [0.5, 0.6) is 0 Å². The van der Waals surface area contributed by atoms with E-state index >= 15 is 0 Å². The second-order valence-corrected chi connectivity index (χ2v) is 7.59. The summed E-state index contributed by atoms with van der Waals surface area (Å²) in [5.74, 6) is -0.725. The third-order valence-corrected chi connectivity index (χ3v) is 5.57. The molecule has 2 atom stereocenters. The van der Waals surface area contributed by atoms with Crippen molar-refractivity contribution >= 4 is 29.2 Å². The van der Waals surface area contributed by atoms with Gasteiger partial charge in [-0.25, -0.2) is 4.79 Å². The number of carbonyl (C=O) groups is 1. The van der Waals surface area contributed by atoms with Gasteiger partial charge in [0.25, 0.3) is 0 Å². The van der Waals surface area contributed by atoms with E-state index in [0.29, 0.717) is 23.2 Å². The van der Waals surface area contributed by atoms with E-state index in [0.717, 1.165) is 37.2 Å². The number of carboxylic acids is 1. The average Bonchev–Trinajstić information content (AvgIpc) is 2.86. The maximum absolute atomic E-state index is 11.1. The summed E-state index contributed by atoms with van der Waals surface area (Å²) < 4.78 is 7.85. The molecule has 6 nitrogen and oxygen atoms in total. The van der Waals surface area contributed by atoms with Crippen molar-refractivity contribution in [1.29, 1.82) is 0 Å². The van der Waals surface area contributed by atoms with Gasteiger partial charge in [-0.3, -0.25) is 4.68 Å². The number of rotatable bonds is 6. The van der Waals surface area contributed by atoms with Gasteiger partial charge in [-0.1, -0.05) is 29.3 Å². The molecule has 8 heteroatoms. The highest BCUT2D eigenvalue weighted by atomic mass is 35.5. The van der Waals surface area contributed by atoms with Crippen molar-refractivity contribution in [3.8, 4) is 0 Å². The number of ether oxygens (including phenoxy) is 1. The van der Waals surface area contributed by atoms with Gasteiger partial charge in [0.2, 0.25) is 0 Å². The number of aromatic carboxylic acids is 1. The first-order valence-corrected chi connectivity index (χ1v) is 9.76. The molecule has 0 bridgehead atoms. The van der Waals surface area contributed by atoms with Gasteiger partial charge in [0, 0.05) is 31.2 Å². The Morgan fingerprint density at radius 3 is 2.89 bits per heavy atom. The Kier molecular flexibility index (Phi) is 6.76. The van der Waals surface area contributed by atoms with Crippen molar-refractivity contribution < 1.29 is 14.6 Å². The molecule has 0 saturated carbocycles. The van der Waals surface area contributed by atoms with E-state index in [9.17, 15) is 4.79 Å².